The second-order valence-corrected chi connectivity index (χ2v) is 7.86. The highest BCUT2D eigenvalue weighted by atomic mass is 16.7. The smallest absolute Gasteiger partial charge is 0.399 e. The molecule has 1 atom stereocenters. The molecule has 2 heterocycles. The van der Waals surface area contributed by atoms with Crippen LogP contribution in [0.15, 0.2) is 34.9 Å². The number of hydrogen-bond donors (Lipinski definition) is 1. The van der Waals surface area contributed by atoms with Crippen LogP contribution in [-0.2, 0) is 14.9 Å². The van der Waals surface area contributed by atoms with Crippen molar-refractivity contribution in [2.45, 2.75) is 58.3 Å². The summed E-state index contributed by atoms with van der Waals surface area (Å²) in [6.45, 7) is 11.5. The second-order valence-electron chi connectivity index (χ2n) is 7.86. The fourth-order valence-corrected chi connectivity index (χ4v) is 2.60. The van der Waals surface area contributed by atoms with E-state index in [1.807, 2.05) is 52.0 Å². The van der Waals surface area contributed by atoms with Gasteiger partial charge < -0.3 is 18.9 Å². The van der Waals surface area contributed by atoms with Crippen LogP contribution in [0, 0.1) is 18.8 Å². The number of rotatable bonds is 2. The zero-order valence-corrected chi connectivity index (χ0v) is 16.1. The van der Waals surface area contributed by atoms with E-state index in [-0.39, 0.29) is 0 Å². The van der Waals surface area contributed by atoms with Crippen molar-refractivity contribution in [3.63, 3.8) is 0 Å². The van der Waals surface area contributed by atoms with Crippen molar-refractivity contribution in [3.8, 4) is 11.8 Å². The lowest BCUT2D eigenvalue weighted by Gasteiger charge is -2.32. The number of nitrogens with zero attached hydrogens (tertiary/aromatic N) is 1. The zero-order chi connectivity index (χ0) is 19.2. The molecule has 6 heteroatoms. The molecule has 0 amide bonds. The molecular weight excluding hydrogens is 329 g/mol. The maximum Gasteiger partial charge on any atom is 0.494 e. The first-order valence-electron chi connectivity index (χ1n) is 8.65. The van der Waals surface area contributed by atoms with Crippen molar-refractivity contribution in [2.75, 3.05) is 0 Å². The van der Waals surface area contributed by atoms with Crippen molar-refractivity contribution in [3.05, 3.63) is 47.3 Å². The molecule has 1 N–H and O–H groups in total. The fourth-order valence-electron chi connectivity index (χ4n) is 2.60. The van der Waals surface area contributed by atoms with Crippen LogP contribution in [0.4, 0.5) is 0 Å². The average Bonchev–Trinajstić information content (AvgIpc) is 3.08. The van der Waals surface area contributed by atoms with E-state index in [1.54, 1.807) is 19.9 Å². The van der Waals surface area contributed by atoms with E-state index in [1.165, 1.54) is 0 Å². The van der Waals surface area contributed by atoms with Crippen LogP contribution in [0.2, 0.25) is 0 Å². The normalized spacial score (nSPS) is 20.3. The van der Waals surface area contributed by atoms with Gasteiger partial charge in [0.1, 0.15) is 11.5 Å². The SMILES string of the molecule is Cc1cc(C(C)(O)C#Cc2cccc(B3OC(C)(C)C(C)(C)O3)c2)no1. The second kappa shape index (κ2) is 6.28. The van der Waals surface area contributed by atoms with Gasteiger partial charge >= 0.3 is 7.12 Å². The Balaban J connectivity index is 1.84. The minimum absolute atomic E-state index is 0.393. The van der Waals surface area contributed by atoms with Gasteiger partial charge in [0.15, 0.2) is 5.60 Å². The molecule has 0 saturated carbocycles. The van der Waals surface area contributed by atoms with Gasteiger partial charge in [-0.1, -0.05) is 29.1 Å². The third kappa shape index (κ3) is 3.56. The van der Waals surface area contributed by atoms with Crippen molar-refractivity contribution < 1.29 is 18.9 Å². The molecule has 1 aliphatic heterocycles. The van der Waals surface area contributed by atoms with E-state index in [0.717, 1.165) is 11.0 Å². The number of benzene rings is 1. The first-order chi connectivity index (χ1) is 12.0. The van der Waals surface area contributed by atoms with Crippen LogP contribution in [0.5, 0.6) is 0 Å². The topological polar surface area (TPSA) is 64.7 Å². The fraction of sp³-hybridized carbons (Fsp3) is 0.450. The molecule has 1 aromatic carbocycles. The number of hydrogen-bond acceptors (Lipinski definition) is 5. The van der Waals surface area contributed by atoms with Gasteiger partial charge in [0.2, 0.25) is 0 Å². The van der Waals surface area contributed by atoms with Crippen LogP contribution in [-0.4, -0.2) is 28.6 Å². The molecule has 5 nitrogen and oxygen atoms in total. The summed E-state index contributed by atoms with van der Waals surface area (Å²) in [6.07, 6.45) is 0. The summed E-state index contributed by atoms with van der Waals surface area (Å²) in [4.78, 5) is 0. The minimum atomic E-state index is -1.39. The average molecular weight is 353 g/mol. The van der Waals surface area contributed by atoms with Gasteiger partial charge in [-0.05, 0) is 59.1 Å². The Morgan fingerprint density at radius 2 is 1.77 bits per heavy atom. The predicted molar refractivity (Wildman–Crippen MR) is 99.8 cm³/mol. The molecule has 0 bridgehead atoms. The summed E-state index contributed by atoms with van der Waals surface area (Å²) >= 11 is 0. The van der Waals surface area contributed by atoms with Gasteiger partial charge in [0.05, 0.1) is 11.2 Å². The van der Waals surface area contributed by atoms with Crippen LogP contribution in [0.1, 0.15) is 51.6 Å². The van der Waals surface area contributed by atoms with Gasteiger partial charge in [0.25, 0.3) is 0 Å². The minimum Gasteiger partial charge on any atom is -0.399 e. The van der Waals surface area contributed by atoms with E-state index in [9.17, 15) is 5.11 Å². The molecule has 1 saturated heterocycles. The van der Waals surface area contributed by atoms with E-state index < -0.39 is 23.9 Å². The first-order valence-corrected chi connectivity index (χ1v) is 8.65. The number of aromatic nitrogens is 1. The van der Waals surface area contributed by atoms with Crippen molar-refractivity contribution in [1.82, 2.24) is 5.16 Å². The molecule has 3 rings (SSSR count). The highest BCUT2D eigenvalue weighted by molar-refractivity contribution is 6.62. The Bertz CT molecular complexity index is 857. The molecule has 1 fully saturated rings. The molecule has 0 aliphatic carbocycles. The lowest BCUT2D eigenvalue weighted by atomic mass is 9.78. The monoisotopic (exact) mass is 353 g/mol. The predicted octanol–water partition coefficient (Wildman–Crippen LogP) is 2.54. The maximum atomic E-state index is 10.5. The van der Waals surface area contributed by atoms with Crippen molar-refractivity contribution in [2.24, 2.45) is 0 Å². The molecule has 1 aromatic heterocycles. The van der Waals surface area contributed by atoms with Gasteiger partial charge in [0, 0.05) is 11.6 Å². The molecule has 1 aliphatic rings. The number of aryl methyl sites for hydroxylation is 1. The van der Waals surface area contributed by atoms with Gasteiger partial charge in [-0.15, -0.1) is 0 Å². The van der Waals surface area contributed by atoms with Crippen molar-refractivity contribution in [1.29, 1.82) is 0 Å². The van der Waals surface area contributed by atoms with Gasteiger partial charge in [-0.25, -0.2) is 0 Å². The van der Waals surface area contributed by atoms with Crippen LogP contribution in [0.25, 0.3) is 0 Å². The third-order valence-corrected chi connectivity index (χ3v) is 4.99. The quantitative estimate of drug-likeness (QED) is 0.664. The summed E-state index contributed by atoms with van der Waals surface area (Å²) in [6, 6.07) is 9.33. The molecule has 1 unspecified atom stereocenters. The summed E-state index contributed by atoms with van der Waals surface area (Å²) in [7, 11) is -0.444. The summed E-state index contributed by atoms with van der Waals surface area (Å²) in [5.74, 6) is 6.49. The molecule has 0 spiro atoms. The van der Waals surface area contributed by atoms with Crippen LogP contribution < -0.4 is 5.46 Å². The van der Waals surface area contributed by atoms with Gasteiger partial charge in [-0.2, -0.15) is 0 Å². The zero-order valence-electron chi connectivity index (χ0n) is 16.1. The molecule has 136 valence electrons. The lowest BCUT2D eigenvalue weighted by Crippen LogP contribution is -2.41. The third-order valence-electron chi connectivity index (χ3n) is 4.99. The molecule has 2 aromatic rings. The molecule has 0 radical (unpaired) electrons. The Hall–Kier alpha value is -2.07. The Morgan fingerprint density at radius 1 is 1.12 bits per heavy atom. The summed E-state index contributed by atoms with van der Waals surface area (Å²) in [5.41, 5.74) is -0.130. The van der Waals surface area contributed by atoms with E-state index in [4.69, 9.17) is 13.8 Å². The highest BCUT2D eigenvalue weighted by Crippen LogP contribution is 2.36. The molecular formula is C20H24BNO4. The van der Waals surface area contributed by atoms with E-state index >= 15 is 0 Å². The van der Waals surface area contributed by atoms with Crippen LogP contribution in [0.3, 0.4) is 0 Å². The summed E-state index contributed by atoms with van der Waals surface area (Å²) in [5, 5.41) is 14.4. The Morgan fingerprint density at radius 3 is 2.35 bits per heavy atom. The number of aliphatic hydroxyl groups is 1. The Labute approximate surface area is 154 Å². The highest BCUT2D eigenvalue weighted by Gasteiger charge is 2.51. The van der Waals surface area contributed by atoms with Crippen molar-refractivity contribution >= 4 is 12.6 Å². The van der Waals surface area contributed by atoms with Crippen LogP contribution >= 0.6 is 0 Å². The van der Waals surface area contributed by atoms with Gasteiger partial charge in [-0.3, -0.25) is 0 Å². The maximum absolute atomic E-state index is 10.5. The largest absolute Gasteiger partial charge is 0.494 e. The lowest BCUT2D eigenvalue weighted by molar-refractivity contribution is 0.00578. The standard InChI is InChI=1S/C20H24BNO4/c1-14-12-17(22-24-14)20(6,23)11-10-15-8-7-9-16(13-15)21-25-18(2,3)19(4,5)26-21/h7-9,12-13,23H,1-6H3. The van der Waals surface area contributed by atoms with E-state index in [0.29, 0.717) is 11.5 Å². The molecule has 26 heavy (non-hydrogen) atoms. The van der Waals surface area contributed by atoms with E-state index in [2.05, 4.69) is 17.0 Å². The summed E-state index contributed by atoms with van der Waals surface area (Å²) < 4.78 is 17.2. The first kappa shape index (κ1) is 18.7. The Kier molecular flexibility index (Phi) is 4.52.